The maximum absolute atomic E-state index is 12.4. The fourth-order valence-corrected chi connectivity index (χ4v) is 3.13. The number of carbonyl (C=O) groups excluding carboxylic acids is 2. The lowest BCUT2D eigenvalue weighted by molar-refractivity contribution is -0.127. The van der Waals surface area contributed by atoms with Gasteiger partial charge in [-0.3, -0.25) is 9.59 Å². The molecule has 3 heterocycles. The Morgan fingerprint density at radius 3 is 2.73 bits per heavy atom. The summed E-state index contributed by atoms with van der Waals surface area (Å²) in [6, 6.07) is 12.6. The van der Waals surface area contributed by atoms with Gasteiger partial charge in [0, 0.05) is 18.7 Å². The Bertz CT molecular complexity index is 902. The van der Waals surface area contributed by atoms with Crippen molar-refractivity contribution >= 4 is 11.7 Å². The number of carbonyl (C=O) groups is 2. The van der Waals surface area contributed by atoms with E-state index >= 15 is 0 Å². The standard InChI is InChI=1S/C19H17N3O4/c23-16(15-9-5-11-25-15)19(24)22-10-4-8-14(12-22)18-20-17(21-26-18)13-6-2-1-3-7-13/h1-3,5-7,9,11,14H,4,8,10,12H2/t14-/m1/s1. The number of piperidine rings is 1. The maximum Gasteiger partial charge on any atom is 0.298 e. The molecule has 0 bridgehead atoms. The number of hydrogen-bond acceptors (Lipinski definition) is 6. The first-order valence-corrected chi connectivity index (χ1v) is 8.48. The van der Waals surface area contributed by atoms with E-state index in [9.17, 15) is 9.59 Å². The van der Waals surface area contributed by atoms with Crippen LogP contribution in [0.1, 0.15) is 35.2 Å². The van der Waals surface area contributed by atoms with Crippen molar-refractivity contribution in [3.05, 3.63) is 60.4 Å². The van der Waals surface area contributed by atoms with Crippen LogP contribution >= 0.6 is 0 Å². The van der Waals surface area contributed by atoms with Crippen molar-refractivity contribution in [3.63, 3.8) is 0 Å². The molecule has 1 atom stereocenters. The van der Waals surface area contributed by atoms with Gasteiger partial charge in [-0.1, -0.05) is 35.5 Å². The number of amides is 1. The van der Waals surface area contributed by atoms with Crippen LogP contribution in [0, 0.1) is 0 Å². The van der Waals surface area contributed by atoms with Crippen LogP contribution in [-0.2, 0) is 4.79 Å². The molecule has 1 aliphatic heterocycles. The van der Waals surface area contributed by atoms with Crippen LogP contribution in [-0.4, -0.2) is 39.8 Å². The van der Waals surface area contributed by atoms with Crippen molar-refractivity contribution in [2.24, 2.45) is 0 Å². The van der Waals surface area contributed by atoms with Crippen molar-refractivity contribution < 1.29 is 18.5 Å². The van der Waals surface area contributed by atoms with Gasteiger partial charge in [0.25, 0.3) is 11.7 Å². The first-order valence-electron chi connectivity index (χ1n) is 8.48. The quantitative estimate of drug-likeness (QED) is 0.530. The van der Waals surface area contributed by atoms with E-state index in [-0.39, 0.29) is 11.7 Å². The molecule has 1 saturated heterocycles. The Labute approximate surface area is 149 Å². The van der Waals surface area contributed by atoms with Crippen LogP contribution in [0.3, 0.4) is 0 Å². The van der Waals surface area contributed by atoms with E-state index in [1.54, 1.807) is 6.07 Å². The molecule has 7 nitrogen and oxygen atoms in total. The van der Waals surface area contributed by atoms with Gasteiger partial charge < -0.3 is 13.8 Å². The summed E-state index contributed by atoms with van der Waals surface area (Å²) in [5, 5.41) is 4.04. The topological polar surface area (TPSA) is 89.4 Å². The molecule has 4 rings (SSSR count). The molecule has 3 aromatic rings. The number of furan rings is 1. The van der Waals surface area contributed by atoms with E-state index in [0.717, 1.165) is 18.4 Å². The minimum absolute atomic E-state index is 0.0567. The Balaban J connectivity index is 1.48. The minimum atomic E-state index is -0.633. The van der Waals surface area contributed by atoms with Crippen molar-refractivity contribution in [1.82, 2.24) is 15.0 Å². The molecular weight excluding hydrogens is 334 g/mol. The fourth-order valence-electron chi connectivity index (χ4n) is 3.13. The summed E-state index contributed by atoms with van der Waals surface area (Å²) in [4.78, 5) is 30.7. The zero-order valence-corrected chi connectivity index (χ0v) is 14.0. The molecule has 0 aliphatic carbocycles. The highest BCUT2D eigenvalue weighted by Crippen LogP contribution is 2.28. The van der Waals surface area contributed by atoms with Crippen LogP contribution in [0.4, 0.5) is 0 Å². The second-order valence-electron chi connectivity index (χ2n) is 6.22. The highest BCUT2D eigenvalue weighted by Gasteiger charge is 2.32. The van der Waals surface area contributed by atoms with E-state index < -0.39 is 11.7 Å². The normalized spacial score (nSPS) is 17.2. The monoisotopic (exact) mass is 351 g/mol. The van der Waals surface area contributed by atoms with E-state index in [2.05, 4.69) is 10.1 Å². The molecular formula is C19H17N3O4. The maximum atomic E-state index is 12.4. The Kier molecular flexibility index (Phi) is 4.35. The van der Waals surface area contributed by atoms with Gasteiger partial charge in [-0.15, -0.1) is 0 Å². The van der Waals surface area contributed by atoms with Gasteiger partial charge >= 0.3 is 0 Å². The van der Waals surface area contributed by atoms with E-state index in [1.807, 2.05) is 30.3 Å². The lowest BCUT2D eigenvalue weighted by Crippen LogP contribution is -2.42. The third-order valence-electron chi connectivity index (χ3n) is 4.47. The van der Waals surface area contributed by atoms with Gasteiger partial charge in [-0.2, -0.15) is 4.98 Å². The van der Waals surface area contributed by atoms with Crippen LogP contribution in [0.2, 0.25) is 0 Å². The summed E-state index contributed by atoms with van der Waals surface area (Å²) in [6.07, 6.45) is 2.98. The summed E-state index contributed by atoms with van der Waals surface area (Å²) in [5.74, 6) is -0.204. The van der Waals surface area contributed by atoms with Gasteiger partial charge in [-0.05, 0) is 25.0 Å². The number of rotatable bonds is 4. The summed E-state index contributed by atoms with van der Waals surface area (Å²) >= 11 is 0. The Hall–Kier alpha value is -3.22. The predicted octanol–water partition coefficient (Wildman–Crippen LogP) is 2.92. The largest absolute Gasteiger partial charge is 0.461 e. The molecule has 1 aliphatic rings. The summed E-state index contributed by atoms with van der Waals surface area (Å²) in [5.41, 5.74) is 0.874. The lowest BCUT2D eigenvalue weighted by atomic mass is 9.97. The first-order chi connectivity index (χ1) is 12.7. The average Bonchev–Trinajstić information content (AvgIpc) is 3.40. The third-order valence-corrected chi connectivity index (χ3v) is 4.47. The molecule has 26 heavy (non-hydrogen) atoms. The smallest absolute Gasteiger partial charge is 0.298 e. The van der Waals surface area contributed by atoms with Crippen LogP contribution in [0.15, 0.2) is 57.7 Å². The molecule has 132 valence electrons. The Morgan fingerprint density at radius 2 is 1.96 bits per heavy atom. The molecule has 7 heteroatoms. The van der Waals surface area contributed by atoms with Gasteiger partial charge in [0.2, 0.25) is 11.7 Å². The zero-order valence-electron chi connectivity index (χ0n) is 14.0. The number of likely N-dealkylation sites (tertiary alicyclic amines) is 1. The van der Waals surface area contributed by atoms with Crippen LogP contribution < -0.4 is 0 Å². The second kappa shape index (κ2) is 6.95. The predicted molar refractivity (Wildman–Crippen MR) is 91.3 cm³/mol. The minimum Gasteiger partial charge on any atom is -0.461 e. The zero-order chi connectivity index (χ0) is 17.9. The molecule has 1 aromatic carbocycles. The SMILES string of the molecule is O=C(C(=O)N1CCC[C@@H](c2nc(-c3ccccc3)no2)C1)c1ccco1. The number of benzene rings is 1. The molecule has 0 unspecified atom stereocenters. The van der Waals surface area contributed by atoms with Crippen molar-refractivity contribution in [2.75, 3.05) is 13.1 Å². The van der Waals surface area contributed by atoms with Gasteiger partial charge in [0.15, 0.2) is 5.76 Å². The van der Waals surface area contributed by atoms with Gasteiger partial charge in [-0.25, -0.2) is 0 Å². The third kappa shape index (κ3) is 3.15. The molecule has 1 amide bonds. The number of ketones is 1. The number of hydrogen-bond donors (Lipinski definition) is 0. The molecule has 0 saturated carbocycles. The van der Waals surface area contributed by atoms with Crippen LogP contribution in [0.5, 0.6) is 0 Å². The number of Topliss-reactive ketones (excluding diaryl/α,β-unsaturated/α-hetero) is 1. The van der Waals surface area contributed by atoms with Gasteiger partial charge in [0.1, 0.15) is 0 Å². The molecule has 2 aromatic heterocycles. The first kappa shape index (κ1) is 16.3. The molecule has 0 radical (unpaired) electrons. The summed E-state index contributed by atoms with van der Waals surface area (Å²) in [7, 11) is 0. The van der Waals surface area contributed by atoms with E-state index in [1.165, 1.54) is 17.2 Å². The molecule has 0 spiro atoms. The molecule has 1 fully saturated rings. The van der Waals surface area contributed by atoms with E-state index in [0.29, 0.717) is 24.8 Å². The number of nitrogens with zero attached hydrogens (tertiary/aromatic N) is 3. The Morgan fingerprint density at radius 1 is 1.12 bits per heavy atom. The van der Waals surface area contributed by atoms with Crippen LogP contribution in [0.25, 0.3) is 11.4 Å². The highest BCUT2D eigenvalue weighted by atomic mass is 16.5. The van der Waals surface area contributed by atoms with E-state index in [4.69, 9.17) is 8.94 Å². The average molecular weight is 351 g/mol. The molecule has 0 N–H and O–H groups in total. The highest BCUT2D eigenvalue weighted by molar-refractivity contribution is 6.41. The van der Waals surface area contributed by atoms with Crippen molar-refractivity contribution in [2.45, 2.75) is 18.8 Å². The fraction of sp³-hybridized carbons (Fsp3) is 0.263. The summed E-state index contributed by atoms with van der Waals surface area (Å²) < 4.78 is 10.4. The van der Waals surface area contributed by atoms with Crippen molar-refractivity contribution in [3.8, 4) is 11.4 Å². The van der Waals surface area contributed by atoms with Crippen molar-refractivity contribution in [1.29, 1.82) is 0 Å². The number of aromatic nitrogens is 2. The lowest BCUT2D eigenvalue weighted by Gasteiger charge is -2.30. The summed E-state index contributed by atoms with van der Waals surface area (Å²) in [6.45, 7) is 0.906. The van der Waals surface area contributed by atoms with Gasteiger partial charge in [0.05, 0.1) is 12.2 Å². The second-order valence-corrected chi connectivity index (χ2v) is 6.22.